The zero-order chi connectivity index (χ0) is 15.8. The third-order valence-electron chi connectivity index (χ3n) is 2.95. The van der Waals surface area contributed by atoms with Crippen LogP contribution in [0.3, 0.4) is 0 Å². The quantitative estimate of drug-likeness (QED) is 0.636. The molecule has 2 N–H and O–H groups in total. The molecule has 5 nitrogen and oxygen atoms in total. The number of hydrogen-bond acceptors (Lipinski definition) is 4. The van der Waals surface area contributed by atoms with Gasteiger partial charge in [0.15, 0.2) is 6.61 Å². The highest BCUT2D eigenvalue weighted by Crippen LogP contribution is 2.13. The Labute approximate surface area is 129 Å². The van der Waals surface area contributed by atoms with Gasteiger partial charge in [-0.3, -0.25) is 4.79 Å². The van der Waals surface area contributed by atoms with Gasteiger partial charge >= 0.3 is 0 Å². The molecule has 0 saturated heterocycles. The number of carbonyl (C=O) groups is 1. The maximum atomic E-state index is 11.6. The molecule has 0 radical (unpaired) electrons. The van der Waals surface area contributed by atoms with Crippen LogP contribution in [0.15, 0.2) is 53.6 Å². The largest absolute Gasteiger partial charge is 0.508 e. The van der Waals surface area contributed by atoms with Crippen molar-refractivity contribution in [2.75, 3.05) is 6.61 Å². The third kappa shape index (κ3) is 4.94. The molecule has 1 amide bonds. The Morgan fingerprint density at radius 3 is 2.86 bits per heavy atom. The molecule has 0 aromatic heterocycles. The van der Waals surface area contributed by atoms with Crippen molar-refractivity contribution in [3.63, 3.8) is 0 Å². The predicted octanol–water partition coefficient (Wildman–Crippen LogP) is 2.48. The van der Waals surface area contributed by atoms with E-state index in [-0.39, 0.29) is 18.3 Å². The summed E-state index contributed by atoms with van der Waals surface area (Å²) in [5.41, 5.74) is 4.22. The SMILES string of the molecule is CCc1cccc(OCC(=O)N/N=C/c2cccc(O)c2)c1. The van der Waals surface area contributed by atoms with Crippen LogP contribution >= 0.6 is 0 Å². The van der Waals surface area contributed by atoms with Gasteiger partial charge < -0.3 is 9.84 Å². The molecule has 2 aromatic carbocycles. The summed E-state index contributed by atoms with van der Waals surface area (Å²) in [5.74, 6) is 0.458. The van der Waals surface area contributed by atoms with Gasteiger partial charge in [-0.1, -0.05) is 31.2 Å². The molecular weight excluding hydrogens is 280 g/mol. The minimum absolute atomic E-state index is 0.107. The highest BCUT2D eigenvalue weighted by molar-refractivity contribution is 5.83. The molecule has 0 aliphatic carbocycles. The van der Waals surface area contributed by atoms with E-state index in [1.165, 1.54) is 6.21 Å². The Morgan fingerprint density at radius 1 is 1.27 bits per heavy atom. The Balaban J connectivity index is 1.80. The van der Waals surface area contributed by atoms with Crippen molar-refractivity contribution in [2.24, 2.45) is 5.10 Å². The highest BCUT2D eigenvalue weighted by atomic mass is 16.5. The molecule has 0 bridgehead atoms. The molecular formula is C17H18N2O3. The number of benzene rings is 2. The maximum Gasteiger partial charge on any atom is 0.277 e. The smallest absolute Gasteiger partial charge is 0.277 e. The summed E-state index contributed by atoms with van der Waals surface area (Å²) in [6.07, 6.45) is 2.37. The van der Waals surface area contributed by atoms with Crippen LogP contribution in [-0.2, 0) is 11.2 Å². The van der Waals surface area contributed by atoms with Crippen molar-refractivity contribution < 1.29 is 14.6 Å². The lowest BCUT2D eigenvalue weighted by Crippen LogP contribution is -2.24. The first-order chi connectivity index (χ1) is 10.7. The van der Waals surface area contributed by atoms with Crippen LogP contribution in [0.4, 0.5) is 0 Å². The van der Waals surface area contributed by atoms with Gasteiger partial charge in [0.2, 0.25) is 0 Å². The van der Waals surface area contributed by atoms with Crippen molar-refractivity contribution in [2.45, 2.75) is 13.3 Å². The van der Waals surface area contributed by atoms with Crippen LogP contribution in [0.5, 0.6) is 11.5 Å². The number of carbonyl (C=O) groups excluding carboxylic acids is 1. The molecule has 22 heavy (non-hydrogen) atoms. The Hall–Kier alpha value is -2.82. The van der Waals surface area contributed by atoms with E-state index >= 15 is 0 Å². The summed E-state index contributed by atoms with van der Waals surface area (Å²) in [4.78, 5) is 11.6. The van der Waals surface area contributed by atoms with Crippen molar-refractivity contribution in [3.8, 4) is 11.5 Å². The average Bonchev–Trinajstić information content (AvgIpc) is 2.53. The molecule has 114 valence electrons. The van der Waals surface area contributed by atoms with E-state index in [0.717, 1.165) is 12.0 Å². The molecule has 0 unspecified atom stereocenters. The van der Waals surface area contributed by atoms with Gasteiger partial charge in [0.1, 0.15) is 11.5 Å². The van der Waals surface area contributed by atoms with Crippen molar-refractivity contribution >= 4 is 12.1 Å². The van der Waals surface area contributed by atoms with E-state index < -0.39 is 0 Å². The topological polar surface area (TPSA) is 70.9 Å². The fourth-order valence-corrected chi connectivity index (χ4v) is 1.82. The Bertz CT molecular complexity index is 668. The molecule has 2 rings (SSSR count). The molecule has 5 heteroatoms. The standard InChI is InChI=1S/C17H18N2O3/c1-2-13-5-4-8-16(10-13)22-12-17(21)19-18-11-14-6-3-7-15(20)9-14/h3-11,20H,2,12H2,1H3,(H,19,21)/b18-11+. The second kappa shape index (κ2) is 7.83. The van der Waals surface area contributed by atoms with E-state index in [1.807, 2.05) is 24.3 Å². The van der Waals surface area contributed by atoms with Gasteiger partial charge in [0.25, 0.3) is 5.91 Å². The summed E-state index contributed by atoms with van der Waals surface area (Å²) < 4.78 is 5.41. The number of aromatic hydroxyl groups is 1. The van der Waals surface area contributed by atoms with E-state index in [0.29, 0.717) is 11.3 Å². The fourth-order valence-electron chi connectivity index (χ4n) is 1.82. The van der Waals surface area contributed by atoms with Crippen molar-refractivity contribution in [1.29, 1.82) is 0 Å². The number of hydrogen-bond donors (Lipinski definition) is 2. The van der Waals surface area contributed by atoms with Crippen LogP contribution < -0.4 is 10.2 Å². The summed E-state index contributed by atoms with van der Waals surface area (Å²) >= 11 is 0. The third-order valence-corrected chi connectivity index (χ3v) is 2.95. The van der Waals surface area contributed by atoms with Crippen LogP contribution in [0.1, 0.15) is 18.1 Å². The molecule has 0 atom stereocenters. The van der Waals surface area contributed by atoms with Gasteiger partial charge in [-0.25, -0.2) is 5.43 Å². The van der Waals surface area contributed by atoms with Gasteiger partial charge in [0.05, 0.1) is 6.21 Å². The molecule has 2 aromatic rings. The molecule has 0 spiro atoms. The van der Waals surface area contributed by atoms with Gasteiger partial charge in [0, 0.05) is 0 Å². The number of phenolic OH excluding ortho intramolecular Hbond substituents is 1. The number of rotatable bonds is 6. The van der Waals surface area contributed by atoms with E-state index in [4.69, 9.17) is 4.74 Å². The van der Waals surface area contributed by atoms with E-state index in [1.54, 1.807) is 24.3 Å². The minimum Gasteiger partial charge on any atom is -0.508 e. The number of nitrogens with zero attached hydrogens (tertiary/aromatic N) is 1. The zero-order valence-electron chi connectivity index (χ0n) is 12.3. The lowest BCUT2D eigenvalue weighted by atomic mass is 10.2. The maximum absolute atomic E-state index is 11.6. The summed E-state index contributed by atoms with van der Waals surface area (Å²) in [7, 11) is 0. The zero-order valence-corrected chi connectivity index (χ0v) is 12.3. The van der Waals surface area contributed by atoms with Crippen molar-refractivity contribution in [1.82, 2.24) is 5.43 Å². The molecule has 0 heterocycles. The first-order valence-electron chi connectivity index (χ1n) is 7.00. The van der Waals surface area contributed by atoms with Crippen LogP contribution in [0.2, 0.25) is 0 Å². The van der Waals surface area contributed by atoms with Crippen LogP contribution in [-0.4, -0.2) is 23.8 Å². The first-order valence-corrected chi connectivity index (χ1v) is 7.00. The molecule has 0 fully saturated rings. The van der Waals surface area contributed by atoms with E-state index in [2.05, 4.69) is 17.5 Å². The van der Waals surface area contributed by atoms with Gasteiger partial charge in [-0.2, -0.15) is 5.10 Å². The average molecular weight is 298 g/mol. The second-order valence-corrected chi connectivity index (χ2v) is 4.68. The Kier molecular flexibility index (Phi) is 5.54. The fraction of sp³-hybridized carbons (Fsp3) is 0.176. The van der Waals surface area contributed by atoms with Gasteiger partial charge in [-0.15, -0.1) is 0 Å². The number of phenols is 1. The molecule has 0 aliphatic heterocycles. The van der Waals surface area contributed by atoms with E-state index in [9.17, 15) is 9.90 Å². The minimum atomic E-state index is -0.349. The van der Waals surface area contributed by atoms with Crippen LogP contribution in [0.25, 0.3) is 0 Å². The van der Waals surface area contributed by atoms with Gasteiger partial charge in [-0.05, 0) is 41.8 Å². The molecule has 0 aliphatic rings. The lowest BCUT2D eigenvalue weighted by molar-refractivity contribution is -0.123. The lowest BCUT2D eigenvalue weighted by Gasteiger charge is -2.06. The van der Waals surface area contributed by atoms with Crippen LogP contribution in [0, 0.1) is 0 Å². The molecule has 0 saturated carbocycles. The highest BCUT2D eigenvalue weighted by Gasteiger charge is 2.02. The predicted molar refractivity (Wildman–Crippen MR) is 85.2 cm³/mol. The summed E-state index contributed by atoms with van der Waals surface area (Å²) in [5, 5.41) is 13.1. The Morgan fingerprint density at radius 2 is 2.09 bits per heavy atom. The second-order valence-electron chi connectivity index (χ2n) is 4.68. The number of aryl methyl sites for hydroxylation is 1. The summed E-state index contributed by atoms with van der Waals surface area (Å²) in [6.45, 7) is 1.95. The monoisotopic (exact) mass is 298 g/mol. The first kappa shape index (κ1) is 15.6. The van der Waals surface area contributed by atoms with Crippen molar-refractivity contribution in [3.05, 3.63) is 59.7 Å². The number of nitrogens with one attached hydrogen (secondary N) is 1. The number of hydrazone groups is 1. The number of amides is 1. The number of ether oxygens (including phenoxy) is 1. The summed E-state index contributed by atoms with van der Waals surface area (Å²) in [6, 6.07) is 14.2. The normalized spacial score (nSPS) is 10.6.